The van der Waals surface area contributed by atoms with Crippen LogP contribution in [0.1, 0.15) is 30.9 Å². The van der Waals surface area contributed by atoms with Gasteiger partial charge in [-0.05, 0) is 31.4 Å². The Kier molecular flexibility index (Phi) is 2.86. The van der Waals surface area contributed by atoms with Gasteiger partial charge in [-0.2, -0.15) is 0 Å². The highest BCUT2D eigenvalue weighted by Crippen LogP contribution is 2.37. The largest absolute Gasteiger partial charge is 0.334 e. The zero-order valence-electron chi connectivity index (χ0n) is 11.0. The Hall–Kier alpha value is -1.35. The summed E-state index contributed by atoms with van der Waals surface area (Å²) < 4.78 is 0. The fraction of sp³-hybridized carbons (Fsp3) is 0.533. The van der Waals surface area contributed by atoms with Crippen molar-refractivity contribution in [3.63, 3.8) is 0 Å². The zero-order valence-corrected chi connectivity index (χ0v) is 11.0. The highest BCUT2D eigenvalue weighted by Gasteiger charge is 2.38. The van der Waals surface area contributed by atoms with Crippen molar-refractivity contribution < 1.29 is 4.79 Å². The molecule has 1 aliphatic carbocycles. The molecule has 1 fully saturated rings. The van der Waals surface area contributed by atoms with Gasteiger partial charge in [-0.25, -0.2) is 0 Å². The summed E-state index contributed by atoms with van der Waals surface area (Å²) >= 11 is 0. The standard InChI is InChI=1S/C15H20N2O/c1-10-8-16-9-11(2)17(10)15(18)14-7-12-5-3-4-6-13(12)14/h3-6,10-11,14,16H,7-9H2,1-2H3. The fourth-order valence-electron chi connectivity index (χ4n) is 3.23. The van der Waals surface area contributed by atoms with E-state index in [1.165, 1.54) is 11.1 Å². The maximum absolute atomic E-state index is 12.7. The first-order valence-electron chi connectivity index (χ1n) is 6.79. The third-order valence-electron chi connectivity index (χ3n) is 4.24. The number of carbonyl (C=O) groups excluding carboxylic acids is 1. The first-order valence-corrected chi connectivity index (χ1v) is 6.79. The number of amides is 1. The SMILES string of the molecule is CC1CNCC(C)N1C(=O)C1Cc2ccccc21. The van der Waals surface area contributed by atoms with E-state index in [1.54, 1.807) is 0 Å². The summed E-state index contributed by atoms with van der Waals surface area (Å²) in [5, 5.41) is 3.37. The van der Waals surface area contributed by atoms with Gasteiger partial charge in [0.1, 0.15) is 0 Å². The summed E-state index contributed by atoms with van der Waals surface area (Å²) in [6.07, 6.45) is 0.915. The van der Waals surface area contributed by atoms with E-state index < -0.39 is 0 Å². The first-order chi connectivity index (χ1) is 8.68. The topological polar surface area (TPSA) is 32.3 Å². The molecule has 1 aromatic carbocycles. The predicted octanol–water partition coefficient (Wildman–Crippen LogP) is 1.54. The van der Waals surface area contributed by atoms with Gasteiger partial charge in [0.25, 0.3) is 0 Å². The van der Waals surface area contributed by atoms with Gasteiger partial charge in [0.15, 0.2) is 0 Å². The molecule has 0 bridgehead atoms. The van der Waals surface area contributed by atoms with Crippen LogP contribution >= 0.6 is 0 Å². The van der Waals surface area contributed by atoms with Crippen molar-refractivity contribution in [1.82, 2.24) is 10.2 Å². The number of hydrogen-bond donors (Lipinski definition) is 1. The lowest BCUT2D eigenvalue weighted by Gasteiger charge is -2.43. The van der Waals surface area contributed by atoms with Crippen molar-refractivity contribution in [3.05, 3.63) is 35.4 Å². The average Bonchev–Trinajstić information content (AvgIpc) is 2.30. The Bertz CT molecular complexity index is 461. The number of piperazine rings is 1. The predicted molar refractivity (Wildman–Crippen MR) is 71.5 cm³/mol. The highest BCUT2D eigenvalue weighted by molar-refractivity contribution is 5.87. The molecule has 1 N–H and O–H groups in total. The molecule has 2 aliphatic rings. The third-order valence-corrected chi connectivity index (χ3v) is 4.24. The molecule has 1 saturated heterocycles. The van der Waals surface area contributed by atoms with E-state index in [4.69, 9.17) is 0 Å². The second-order valence-corrected chi connectivity index (χ2v) is 5.56. The Morgan fingerprint density at radius 1 is 1.22 bits per heavy atom. The monoisotopic (exact) mass is 244 g/mol. The molecule has 3 rings (SSSR count). The fourth-order valence-corrected chi connectivity index (χ4v) is 3.23. The molecule has 0 saturated carbocycles. The summed E-state index contributed by atoms with van der Waals surface area (Å²) in [7, 11) is 0. The smallest absolute Gasteiger partial charge is 0.231 e. The zero-order chi connectivity index (χ0) is 12.7. The number of carbonyl (C=O) groups is 1. The van der Waals surface area contributed by atoms with Crippen LogP contribution < -0.4 is 5.32 Å². The quantitative estimate of drug-likeness (QED) is 0.812. The number of benzene rings is 1. The van der Waals surface area contributed by atoms with Crippen molar-refractivity contribution in [2.24, 2.45) is 0 Å². The van der Waals surface area contributed by atoms with Crippen LogP contribution in [0.5, 0.6) is 0 Å². The first kappa shape index (κ1) is 11.7. The lowest BCUT2D eigenvalue weighted by molar-refractivity contribution is -0.138. The molecular formula is C15H20N2O. The molecule has 1 aromatic rings. The van der Waals surface area contributed by atoms with E-state index >= 15 is 0 Å². The Balaban J connectivity index is 1.80. The molecule has 3 nitrogen and oxygen atoms in total. The van der Waals surface area contributed by atoms with Gasteiger partial charge in [-0.1, -0.05) is 24.3 Å². The Morgan fingerprint density at radius 3 is 2.56 bits per heavy atom. The van der Waals surface area contributed by atoms with Crippen molar-refractivity contribution in [1.29, 1.82) is 0 Å². The Morgan fingerprint density at radius 2 is 1.89 bits per heavy atom. The van der Waals surface area contributed by atoms with Crippen LogP contribution in [0.25, 0.3) is 0 Å². The van der Waals surface area contributed by atoms with E-state index in [0.717, 1.165) is 19.5 Å². The second kappa shape index (κ2) is 4.39. The van der Waals surface area contributed by atoms with Gasteiger partial charge >= 0.3 is 0 Å². The maximum Gasteiger partial charge on any atom is 0.231 e. The van der Waals surface area contributed by atoms with Crippen LogP contribution in [0.15, 0.2) is 24.3 Å². The third kappa shape index (κ3) is 1.74. The van der Waals surface area contributed by atoms with Gasteiger partial charge in [0.05, 0.1) is 5.92 Å². The molecule has 18 heavy (non-hydrogen) atoms. The van der Waals surface area contributed by atoms with Gasteiger partial charge < -0.3 is 10.2 Å². The number of rotatable bonds is 1. The minimum Gasteiger partial charge on any atom is -0.334 e. The van der Waals surface area contributed by atoms with E-state index in [9.17, 15) is 4.79 Å². The summed E-state index contributed by atoms with van der Waals surface area (Å²) in [5.41, 5.74) is 2.58. The summed E-state index contributed by atoms with van der Waals surface area (Å²) in [5.74, 6) is 0.416. The van der Waals surface area contributed by atoms with E-state index in [2.05, 4.69) is 42.3 Å². The molecule has 1 aliphatic heterocycles. The van der Waals surface area contributed by atoms with Crippen molar-refractivity contribution in [2.75, 3.05) is 13.1 Å². The molecule has 3 heteroatoms. The normalized spacial score (nSPS) is 30.6. The molecule has 1 heterocycles. The molecular weight excluding hydrogens is 224 g/mol. The summed E-state index contributed by atoms with van der Waals surface area (Å²) in [4.78, 5) is 14.7. The lowest BCUT2D eigenvalue weighted by atomic mass is 9.76. The molecule has 0 radical (unpaired) electrons. The van der Waals surface area contributed by atoms with E-state index in [0.29, 0.717) is 18.0 Å². The van der Waals surface area contributed by atoms with Crippen LogP contribution in [0.2, 0.25) is 0 Å². The summed E-state index contributed by atoms with van der Waals surface area (Å²) in [6.45, 7) is 6.07. The number of nitrogens with one attached hydrogen (secondary N) is 1. The van der Waals surface area contributed by atoms with Crippen molar-refractivity contribution >= 4 is 5.91 Å². The van der Waals surface area contributed by atoms with Crippen molar-refractivity contribution in [2.45, 2.75) is 38.3 Å². The number of fused-ring (bicyclic) bond motifs is 1. The second-order valence-electron chi connectivity index (χ2n) is 5.56. The molecule has 3 unspecified atom stereocenters. The minimum absolute atomic E-state index is 0.101. The number of hydrogen-bond acceptors (Lipinski definition) is 2. The highest BCUT2D eigenvalue weighted by atomic mass is 16.2. The van der Waals surface area contributed by atoms with Crippen LogP contribution in [0, 0.1) is 0 Å². The molecule has 96 valence electrons. The molecule has 0 spiro atoms. The number of nitrogens with zero attached hydrogens (tertiary/aromatic N) is 1. The van der Waals surface area contributed by atoms with E-state index in [-0.39, 0.29) is 5.92 Å². The molecule has 3 atom stereocenters. The van der Waals surface area contributed by atoms with E-state index in [1.807, 2.05) is 6.07 Å². The Labute approximate surface area is 108 Å². The molecule has 0 aromatic heterocycles. The van der Waals surface area contributed by atoms with Crippen molar-refractivity contribution in [3.8, 4) is 0 Å². The molecule has 1 amide bonds. The minimum atomic E-state index is 0.101. The maximum atomic E-state index is 12.7. The van der Waals surface area contributed by atoms with Gasteiger partial charge in [-0.15, -0.1) is 0 Å². The van der Waals surface area contributed by atoms with Crippen LogP contribution in [0.3, 0.4) is 0 Å². The van der Waals surface area contributed by atoms with Gasteiger partial charge in [-0.3, -0.25) is 4.79 Å². The lowest BCUT2D eigenvalue weighted by Crippen LogP contribution is -2.59. The van der Waals surface area contributed by atoms with Crippen LogP contribution in [-0.4, -0.2) is 36.0 Å². The van der Waals surface area contributed by atoms with Gasteiger partial charge in [0.2, 0.25) is 5.91 Å². The summed E-state index contributed by atoms with van der Waals surface area (Å²) in [6, 6.07) is 8.91. The van der Waals surface area contributed by atoms with Gasteiger partial charge in [0, 0.05) is 25.2 Å². The average molecular weight is 244 g/mol. The van der Waals surface area contributed by atoms with Crippen LogP contribution in [-0.2, 0) is 11.2 Å². The van der Waals surface area contributed by atoms with Crippen LogP contribution in [0.4, 0.5) is 0 Å².